The Morgan fingerprint density at radius 2 is 1.93 bits per heavy atom. The number of halogens is 1. The second-order valence-electron chi connectivity index (χ2n) is 6.64. The maximum atomic E-state index is 13.3. The standard InChI is InChI=1S/C21H20FN3O2S/c22-17-10-8-16(9-11-17)20-23-24-21(25(20)13-18-7-4-12-27-18)28-14-19(26)15-5-2-1-3-6-15/h1-3,5-6,8-11,18H,4,7,12-14H2/t18-/m1/s1. The zero-order valence-electron chi connectivity index (χ0n) is 15.3. The highest BCUT2D eigenvalue weighted by molar-refractivity contribution is 7.99. The predicted molar refractivity (Wildman–Crippen MR) is 106 cm³/mol. The van der Waals surface area contributed by atoms with E-state index in [1.807, 2.05) is 34.9 Å². The zero-order chi connectivity index (χ0) is 19.3. The van der Waals surface area contributed by atoms with Crippen LogP contribution in [-0.4, -0.2) is 39.0 Å². The van der Waals surface area contributed by atoms with Crippen LogP contribution in [0.3, 0.4) is 0 Å². The number of nitrogens with zero attached hydrogens (tertiary/aromatic N) is 3. The van der Waals surface area contributed by atoms with Gasteiger partial charge in [-0.05, 0) is 37.1 Å². The summed E-state index contributed by atoms with van der Waals surface area (Å²) in [6.45, 7) is 1.37. The van der Waals surface area contributed by atoms with E-state index in [1.54, 1.807) is 12.1 Å². The molecule has 0 unspecified atom stereocenters. The third-order valence-corrected chi connectivity index (χ3v) is 5.62. The number of aromatic nitrogens is 3. The van der Waals surface area contributed by atoms with Gasteiger partial charge in [-0.3, -0.25) is 9.36 Å². The Morgan fingerprint density at radius 1 is 1.14 bits per heavy atom. The Hall–Kier alpha value is -2.51. The topological polar surface area (TPSA) is 57.0 Å². The average Bonchev–Trinajstić information content (AvgIpc) is 3.38. The Kier molecular flexibility index (Phi) is 5.83. The van der Waals surface area contributed by atoms with Crippen molar-refractivity contribution >= 4 is 17.5 Å². The van der Waals surface area contributed by atoms with Gasteiger partial charge in [-0.15, -0.1) is 10.2 Å². The number of ether oxygens (including phenoxy) is 1. The van der Waals surface area contributed by atoms with Crippen molar-refractivity contribution in [1.29, 1.82) is 0 Å². The minimum Gasteiger partial charge on any atom is -0.376 e. The van der Waals surface area contributed by atoms with Crippen LogP contribution in [0.5, 0.6) is 0 Å². The van der Waals surface area contributed by atoms with E-state index in [1.165, 1.54) is 23.9 Å². The number of rotatable bonds is 7. The SMILES string of the molecule is O=C(CSc1nnc(-c2ccc(F)cc2)n1C[C@H]1CCCO1)c1ccccc1. The summed E-state index contributed by atoms with van der Waals surface area (Å²) in [4.78, 5) is 12.4. The molecule has 2 heterocycles. The number of carbonyl (C=O) groups excluding carboxylic acids is 1. The van der Waals surface area contributed by atoms with Crippen LogP contribution in [0, 0.1) is 5.82 Å². The van der Waals surface area contributed by atoms with E-state index in [2.05, 4.69) is 10.2 Å². The van der Waals surface area contributed by atoms with Gasteiger partial charge in [0.15, 0.2) is 16.8 Å². The molecule has 1 aliphatic rings. The van der Waals surface area contributed by atoms with Gasteiger partial charge in [0, 0.05) is 17.7 Å². The van der Waals surface area contributed by atoms with Gasteiger partial charge in [0.05, 0.1) is 18.4 Å². The summed E-state index contributed by atoms with van der Waals surface area (Å²) < 4.78 is 21.1. The first-order valence-corrected chi connectivity index (χ1v) is 10.2. The Labute approximate surface area is 166 Å². The lowest BCUT2D eigenvalue weighted by molar-refractivity contribution is 0.0953. The fourth-order valence-corrected chi connectivity index (χ4v) is 4.04. The van der Waals surface area contributed by atoms with Crippen molar-refractivity contribution in [1.82, 2.24) is 14.8 Å². The van der Waals surface area contributed by atoms with E-state index in [9.17, 15) is 9.18 Å². The van der Waals surface area contributed by atoms with Crippen molar-refractivity contribution in [2.75, 3.05) is 12.4 Å². The number of carbonyl (C=O) groups is 1. The molecule has 0 spiro atoms. The van der Waals surface area contributed by atoms with Crippen LogP contribution in [0.15, 0.2) is 59.8 Å². The minimum atomic E-state index is -0.294. The summed E-state index contributed by atoms with van der Waals surface area (Å²) in [5.74, 6) is 0.680. The molecule has 144 valence electrons. The van der Waals surface area contributed by atoms with E-state index in [-0.39, 0.29) is 23.5 Å². The number of Topliss-reactive ketones (excluding diaryl/α,β-unsaturated/α-hetero) is 1. The maximum Gasteiger partial charge on any atom is 0.192 e. The highest BCUT2D eigenvalue weighted by atomic mass is 32.2. The molecule has 0 N–H and O–H groups in total. The fourth-order valence-electron chi connectivity index (χ4n) is 3.20. The molecule has 0 radical (unpaired) electrons. The van der Waals surface area contributed by atoms with Crippen molar-refractivity contribution in [3.05, 3.63) is 66.0 Å². The summed E-state index contributed by atoms with van der Waals surface area (Å²) in [6.07, 6.45) is 2.11. The van der Waals surface area contributed by atoms with Crippen molar-refractivity contribution in [2.24, 2.45) is 0 Å². The number of hydrogen-bond donors (Lipinski definition) is 0. The molecule has 1 aliphatic heterocycles. The molecule has 0 aliphatic carbocycles. The summed E-state index contributed by atoms with van der Waals surface area (Å²) in [7, 11) is 0. The van der Waals surface area contributed by atoms with Crippen molar-refractivity contribution in [2.45, 2.75) is 30.6 Å². The first kappa shape index (κ1) is 18.8. The van der Waals surface area contributed by atoms with E-state index in [0.717, 1.165) is 25.0 Å². The first-order chi connectivity index (χ1) is 13.7. The molecule has 5 nitrogen and oxygen atoms in total. The van der Waals surface area contributed by atoms with Gasteiger partial charge in [0.25, 0.3) is 0 Å². The Morgan fingerprint density at radius 3 is 2.64 bits per heavy atom. The van der Waals surface area contributed by atoms with E-state index >= 15 is 0 Å². The quantitative estimate of drug-likeness (QED) is 0.441. The van der Waals surface area contributed by atoms with Gasteiger partial charge in [0.1, 0.15) is 5.82 Å². The van der Waals surface area contributed by atoms with Gasteiger partial charge < -0.3 is 4.74 Å². The second-order valence-corrected chi connectivity index (χ2v) is 7.58. The van der Waals surface area contributed by atoms with Crippen LogP contribution >= 0.6 is 11.8 Å². The molecule has 1 fully saturated rings. The number of hydrogen-bond acceptors (Lipinski definition) is 5. The smallest absolute Gasteiger partial charge is 0.192 e. The lowest BCUT2D eigenvalue weighted by atomic mass is 10.2. The average molecular weight is 397 g/mol. The molecule has 3 aromatic rings. The zero-order valence-corrected chi connectivity index (χ0v) is 16.1. The van der Waals surface area contributed by atoms with Gasteiger partial charge in [-0.1, -0.05) is 42.1 Å². The Bertz CT molecular complexity index is 938. The number of benzene rings is 2. The molecule has 2 aromatic carbocycles. The number of ketones is 1. The molecule has 1 aromatic heterocycles. The van der Waals surface area contributed by atoms with Crippen LogP contribution in [0.2, 0.25) is 0 Å². The van der Waals surface area contributed by atoms with Crippen LogP contribution < -0.4 is 0 Å². The summed E-state index contributed by atoms with van der Waals surface area (Å²) in [5, 5.41) is 9.27. The van der Waals surface area contributed by atoms with E-state index in [0.29, 0.717) is 23.1 Å². The molecule has 0 saturated carbocycles. The monoisotopic (exact) mass is 397 g/mol. The molecular weight excluding hydrogens is 377 g/mol. The predicted octanol–water partition coefficient (Wildman–Crippen LogP) is 4.24. The molecule has 0 bridgehead atoms. The van der Waals surface area contributed by atoms with Crippen LogP contribution in [0.4, 0.5) is 4.39 Å². The van der Waals surface area contributed by atoms with E-state index < -0.39 is 0 Å². The molecule has 1 atom stereocenters. The van der Waals surface area contributed by atoms with Crippen LogP contribution in [0.1, 0.15) is 23.2 Å². The normalized spacial score (nSPS) is 16.4. The summed E-state index contributed by atoms with van der Waals surface area (Å²) >= 11 is 1.36. The largest absolute Gasteiger partial charge is 0.376 e. The lowest BCUT2D eigenvalue weighted by Crippen LogP contribution is -2.17. The van der Waals surface area contributed by atoms with Gasteiger partial charge in [-0.25, -0.2) is 4.39 Å². The Balaban J connectivity index is 1.57. The lowest BCUT2D eigenvalue weighted by Gasteiger charge is -2.14. The molecular formula is C21H20FN3O2S. The second kappa shape index (κ2) is 8.67. The fraction of sp³-hybridized carbons (Fsp3) is 0.286. The van der Waals surface area contributed by atoms with Crippen molar-refractivity contribution in [3.8, 4) is 11.4 Å². The van der Waals surface area contributed by atoms with E-state index in [4.69, 9.17) is 4.74 Å². The third kappa shape index (κ3) is 4.31. The molecule has 1 saturated heterocycles. The maximum absolute atomic E-state index is 13.3. The molecule has 28 heavy (non-hydrogen) atoms. The molecule has 4 rings (SSSR count). The van der Waals surface area contributed by atoms with Gasteiger partial charge in [-0.2, -0.15) is 0 Å². The van der Waals surface area contributed by atoms with Crippen molar-refractivity contribution < 1.29 is 13.9 Å². The minimum absolute atomic E-state index is 0.0422. The third-order valence-electron chi connectivity index (χ3n) is 4.66. The molecule has 0 amide bonds. The summed E-state index contributed by atoms with van der Waals surface area (Å²) in [6, 6.07) is 15.4. The van der Waals surface area contributed by atoms with Crippen molar-refractivity contribution in [3.63, 3.8) is 0 Å². The van der Waals surface area contributed by atoms with Gasteiger partial charge >= 0.3 is 0 Å². The number of thioether (sulfide) groups is 1. The molecule has 7 heteroatoms. The first-order valence-electron chi connectivity index (χ1n) is 9.22. The van der Waals surface area contributed by atoms with Crippen LogP contribution in [0.25, 0.3) is 11.4 Å². The summed E-state index contributed by atoms with van der Waals surface area (Å²) in [5.41, 5.74) is 1.46. The van der Waals surface area contributed by atoms with Crippen LogP contribution in [-0.2, 0) is 11.3 Å². The highest BCUT2D eigenvalue weighted by Gasteiger charge is 2.22. The highest BCUT2D eigenvalue weighted by Crippen LogP contribution is 2.27. The van der Waals surface area contributed by atoms with Gasteiger partial charge in [0.2, 0.25) is 0 Å².